The molecular weight excluding hydrogens is 168 g/mol. The Labute approximate surface area is 79.7 Å². The molecule has 1 aliphatic rings. The van der Waals surface area contributed by atoms with E-state index >= 15 is 0 Å². The first kappa shape index (κ1) is 10.9. The van der Waals surface area contributed by atoms with Gasteiger partial charge in [0.1, 0.15) is 0 Å². The minimum Gasteiger partial charge on any atom is -0.394 e. The van der Waals surface area contributed by atoms with E-state index in [9.17, 15) is 0 Å². The molecule has 0 aromatic carbocycles. The molecule has 4 heteroatoms. The van der Waals surface area contributed by atoms with E-state index in [0.29, 0.717) is 0 Å². The van der Waals surface area contributed by atoms with Gasteiger partial charge in [-0.1, -0.05) is 0 Å². The third-order valence-electron chi connectivity index (χ3n) is 2.78. The van der Waals surface area contributed by atoms with Crippen LogP contribution in [0, 0.1) is 0 Å². The maximum atomic E-state index is 9.04. The first-order chi connectivity index (χ1) is 6.20. The summed E-state index contributed by atoms with van der Waals surface area (Å²) in [6.07, 6.45) is 1.76. The lowest BCUT2D eigenvalue weighted by Gasteiger charge is -2.37. The summed E-state index contributed by atoms with van der Waals surface area (Å²) in [5.74, 6) is 0. The van der Waals surface area contributed by atoms with Crippen molar-refractivity contribution in [3.8, 4) is 0 Å². The molecule has 0 unspecified atom stereocenters. The lowest BCUT2D eigenvalue weighted by atomic mass is 9.90. The molecule has 78 valence electrons. The maximum Gasteiger partial charge on any atom is 0.0612 e. The monoisotopic (exact) mass is 188 g/mol. The number of aliphatic hydroxyl groups is 1. The van der Waals surface area contributed by atoms with Gasteiger partial charge in [0.05, 0.1) is 13.2 Å². The van der Waals surface area contributed by atoms with Crippen LogP contribution in [0.25, 0.3) is 0 Å². The molecule has 0 aliphatic carbocycles. The molecular formula is C9H20N2O2. The normalized spacial score (nSPS) is 23.3. The Hall–Kier alpha value is -0.160. The van der Waals surface area contributed by atoms with Crippen LogP contribution >= 0.6 is 0 Å². The third kappa shape index (κ3) is 3.23. The average molecular weight is 188 g/mol. The number of rotatable bonds is 4. The molecule has 1 rings (SSSR count). The Morgan fingerprint density at radius 3 is 2.54 bits per heavy atom. The van der Waals surface area contributed by atoms with E-state index in [1.807, 2.05) is 0 Å². The predicted molar refractivity (Wildman–Crippen MR) is 51.6 cm³/mol. The minimum absolute atomic E-state index is 0.102. The summed E-state index contributed by atoms with van der Waals surface area (Å²) in [5.41, 5.74) is 5.61. The van der Waals surface area contributed by atoms with Crippen LogP contribution in [0.4, 0.5) is 0 Å². The summed E-state index contributed by atoms with van der Waals surface area (Å²) < 4.78 is 5.00. The molecule has 4 nitrogen and oxygen atoms in total. The molecule has 0 amide bonds. The van der Waals surface area contributed by atoms with Crippen LogP contribution in [-0.4, -0.2) is 55.5 Å². The highest BCUT2D eigenvalue weighted by molar-refractivity contribution is 4.89. The topological polar surface area (TPSA) is 58.7 Å². The van der Waals surface area contributed by atoms with Gasteiger partial charge in [-0.05, 0) is 12.8 Å². The van der Waals surface area contributed by atoms with E-state index in [4.69, 9.17) is 15.6 Å². The van der Waals surface area contributed by atoms with Crippen LogP contribution in [0.2, 0.25) is 0 Å². The largest absolute Gasteiger partial charge is 0.394 e. The van der Waals surface area contributed by atoms with Crippen LogP contribution in [0.15, 0.2) is 0 Å². The molecule has 0 aromatic rings. The van der Waals surface area contributed by atoms with Crippen LogP contribution in [0.3, 0.4) is 0 Å². The van der Waals surface area contributed by atoms with Gasteiger partial charge >= 0.3 is 0 Å². The van der Waals surface area contributed by atoms with Gasteiger partial charge in [0.25, 0.3) is 0 Å². The molecule has 1 heterocycles. The number of likely N-dealkylation sites (tertiary alicyclic amines) is 1. The molecule has 0 radical (unpaired) electrons. The molecule has 3 N–H and O–H groups in total. The van der Waals surface area contributed by atoms with Crippen LogP contribution in [0.1, 0.15) is 12.8 Å². The number of aliphatic hydroxyl groups excluding tert-OH is 1. The number of nitrogens with two attached hydrogens (primary N) is 1. The second-order valence-electron chi connectivity index (χ2n) is 3.85. The quantitative estimate of drug-likeness (QED) is 0.619. The van der Waals surface area contributed by atoms with E-state index in [0.717, 1.165) is 39.1 Å². The van der Waals surface area contributed by atoms with Crippen molar-refractivity contribution in [2.75, 3.05) is 40.0 Å². The SMILES string of the molecule is COCCN1CCC(N)(CO)CC1. The fourth-order valence-corrected chi connectivity index (χ4v) is 1.60. The fourth-order valence-electron chi connectivity index (χ4n) is 1.60. The summed E-state index contributed by atoms with van der Waals surface area (Å²) in [7, 11) is 1.71. The van der Waals surface area contributed by atoms with Crippen molar-refractivity contribution in [1.82, 2.24) is 4.90 Å². The number of nitrogens with zero attached hydrogens (tertiary/aromatic N) is 1. The summed E-state index contributed by atoms with van der Waals surface area (Å²) in [4.78, 5) is 2.32. The molecule has 0 bridgehead atoms. The second kappa shape index (κ2) is 4.91. The third-order valence-corrected chi connectivity index (χ3v) is 2.78. The lowest BCUT2D eigenvalue weighted by Crippen LogP contribution is -2.53. The van der Waals surface area contributed by atoms with E-state index in [-0.39, 0.29) is 12.1 Å². The van der Waals surface area contributed by atoms with Gasteiger partial charge in [0.2, 0.25) is 0 Å². The van der Waals surface area contributed by atoms with Crippen molar-refractivity contribution < 1.29 is 9.84 Å². The average Bonchev–Trinajstić information content (AvgIpc) is 2.17. The molecule has 1 fully saturated rings. The highest BCUT2D eigenvalue weighted by Gasteiger charge is 2.29. The van der Waals surface area contributed by atoms with Gasteiger partial charge in [-0.25, -0.2) is 0 Å². The van der Waals surface area contributed by atoms with Gasteiger partial charge < -0.3 is 20.5 Å². The van der Waals surface area contributed by atoms with Crippen molar-refractivity contribution in [1.29, 1.82) is 0 Å². The number of hydrogen-bond donors (Lipinski definition) is 2. The minimum atomic E-state index is -0.330. The Kier molecular flexibility index (Phi) is 4.12. The fraction of sp³-hybridized carbons (Fsp3) is 1.00. The first-order valence-electron chi connectivity index (χ1n) is 4.81. The zero-order valence-electron chi connectivity index (χ0n) is 8.33. The molecule has 0 saturated carbocycles. The lowest BCUT2D eigenvalue weighted by molar-refractivity contribution is 0.0840. The molecule has 1 aliphatic heterocycles. The smallest absolute Gasteiger partial charge is 0.0612 e. The van der Waals surface area contributed by atoms with Crippen molar-refractivity contribution in [2.24, 2.45) is 5.73 Å². The number of methoxy groups -OCH3 is 1. The summed E-state index contributed by atoms with van der Waals surface area (Å²) in [6, 6.07) is 0. The predicted octanol–water partition coefficient (Wildman–Crippen LogP) is -0.582. The van der Waals surface area contributed by atoms with Crippen molar-refractivity contribution in [2.45, 2.75) is 18.4 Å². The van der Waals surface area contributed by atoms with Crippen LogP contribution < -0.4 is 5.73 Å². The Bertz CT molecular complexity index is 145. The summed E-state index contributed by atoms with van der Waals surface area (Å²) >= 11 is 0. The highest BCUT2D eigenvalue weighted by atomic mass is 16.5. The van der Waals surface area contributed by atoms with Crippen LogP contribution in [-0.2, 0) is 4.74 Å². The second-order valence-corrected chi connectivity index (χ2v) is 3.85. The van der Waals surface area contributed by atoms with Gasteiger partial charge in [-0.2, -0.15) is 0 Å². The molecule has 0 aromatic heterocycles. The zero-order valence-corrected chi connectivity index (χ0v) is 8.33. The number of piperidine rings is 1. The van der Waals surface area contributed by atoms with Crippen LogP contribution in [0.5, 0.6) is 0 Å². The highest BCUT2D eigenvalue weighted by Crippen LogP contribution is 2.18. The van der Waals surface area contributed by atoms with E-state index in [2.05, 4.69) is 4.90 Å². The number of ether oxygens (including phenoxy) is 1. The Morgan fingerprint density at radius 1 is 1.46 bits per heavy atom. The van der Waals surface area contributed by atoms with Crippen molar-refractivity contribution >= 4 is 0 Å². The van der Waals surface area contributed by atoms with Gasteiger partial charge in [0, 0.05) is 32.3 Å². The van der Waals surface area contributed by atoms with E-state index in [1.54, 1.807) is 7.11 Å². The van der Waals surface area contributed by atoms with Crippen molar-refractivity contribution in [3.63, 3.8) is 0 Å². The summed E-state index contributed by atoms with van der Waals surface area (Å²) in [5, 5.41) is 9.04. The van der Waals surface area contributed by atoms with E-state index in [1.165, 1.54) is 0 Å². The van der Waals surface area contributed by atoms with E-state index < -0.39 is 0 Å². The molecule has 13 heavy (non-hydrogen) atoms. The maximum absolute atomic E-state index is 9.04. The van der Waals surface area contributed by atoms with Gasteiger partial charge in [-0.3, -0.25) is 0 Å². The Morgan fingerprint density at radius 2 is 2.08 bits per heavy atom. The molecule has 0 spiro atoms. The Balaban J connectivity index is 2.22. The molecule has 1 saturated heterocycles. The standard InChI is InChI=1S/C9H20N2O2/c1-13-7-6-11-4-2-9(10,8-12)3-5-11/h12H,2-8,10H2,1H3. The summed E-state index contributed by atoms with van der Waals surface area (Å²) in [6.45, 7) is 3.79. The number of hydrogen-bond acceptors (Lipinski definition) is 4. The van der Waals surface area contributed by atoms with Gasteiger partial charge in [0.15, 0.2) is 0 Å². The van der Waals surface area contributed by atoms with Gasteiger partial charge in [-0.15, -0.1) is 0 Å². The first-order valence-corrected chi connectivity index (χ1v) is 4.81. The van der Waals surface area contributed by atoms with Crippen molar-refractivity contribution in [3.05, 3.63) is 0 Å². The molecule has 0 atom stereocenters. The zero-order chi connectivity index (χ0) is 9.73.